The number of amides is 1. The lowest BCUT2D eigenvalue weighted by atomic mass is 9.71. The number of nitrogens with one attached hydrogen (secondary N) is 2. The molecule has 1 saturated heterocycles. The van der Waals surface area contributed by atoms with Crippen LogP contribution < -0.4 is 10.6 Å². The number of pyridine rings is 1. The van der Waals surface area contributed by atoms with Crippen molar-refractivity contribution in [1.29, 1.82) is 0 Å². The molecule has 1 aliphatic heterocycles. The summed E-state index contributed by atoms with van der Waals surface area (Å²) < 4.78 is 19.2. The normalized spacial score (nSPS) is 32.3. The van der Waals surface area contributed by atoms with Gasteiger partial charge in [0.2, 0.25) is 5.91 Å². The number of hydrogen-bond donors (Lipinski definition) is 2. The highest BCUT2D eigenvalue weighted by Gasteiger charge is 2.54. The molecule has 1 aromatic rings. The van der Waals surface area contributed by atoms with Crippen LogP contribution in [0.15, 0.2) is 18.5 Å². The van der Waals surface area contributed by atoms with Crippen LogP contribution in [0.25, 0.3) is 0 Å². The maximum atomic E-state index is 13.6. The summed E-state index contributed by atoms with van der Waals surface area (Å²) in [7, 11) is 0. The quantitative estimate of drug-likeness (QED) is 0.853. The van der Waals surface area contributed by atoms with Gasteiger partial charge in [0.05, 0.1) is 30.1 Å². The average molecular weight is 265 g/mol. The molecule has 1 saturated carbocycles. The largest absolute Gasteiger partial charge is 0.377 e. The molecule has 102 valence electrons. The minimum atomic E-state index is -0.383. The van der Waals surface area contributed by atoms with Crippen molar-refractivity contribution in [3.05, 3.63) is 24.3 Å². The second-order valence-electron chi connectivity index (χ2n) is 5.04. The van der Waals surface area contributed by atoms with E-state index < -0.39 is 0 Å². The molecule has 2 N–H and O–H groups in total. The van der Waals surface area contributed by atoms with Crippen LogP contribution in [0.4, 0.5) is 10.1 Å². The standard InChI is InChI=1S/C13H16FN3O2/c1-7(18)16-12-11(8-3-5-19-13(8)12)17-10-2-4-15-6-9(10)14/h2,4,6,8,11-13H,3,5H2,1H3,(H,15,17)(H,16,18)/t8-,11+,12-,13-/m0/s1. The first kappa shape index (κ1) is 12.3. The van der Waals surface area contributed by atoms with E-state index in [1.165, 1.54) is 13.1 Å². The fourth-order valence-electron chi connectivity index (χ4n) is 2.98. The molecule has 1 amide bonds. The SMILES string of the molecule is CC(=O)N[C@H]1[C@H](Nc2ccncc2F)[C@@H]2CCO[C@@H]21. The number of aromatic nitrogens is 1. The molecule has 1 aliphatic carbocycles. The van der Waals surface area contributed by atoms with E-state index in [4.69, 9.17) is 4.74 Å². The van der Waals surface area contributed by atoms with Crippen molar-refractivity contribution in [3.63, 3.8) is 0 Å². The van der Waals surface area contributed by atoms with Crippen LogP contribution in [0, 0.1) is 11.7 Å². The molecular formula is C13H16FN3O2. The second kappa shape index (κ2) is 4.77. The smallest absolute Gasteiger partial charge is 0.217 e. The number of rotatable bonds is 3. The summed E-state index contributed by atoms with van der Waals surface area (Å²) in [6.07, 6.45) is 3.70. The fourth-order valence-corrected chi connectivity index (χ4v) is 2.98. The molecule has 4 atom stereocenters. The van der Waals surface area contributed by atoms with Gasteiger partial charge in [0.1, 0.15) is 0 Å². The predicted molar refractivity (Wildman–Crippen MR) is 67.1 cm³/mol. The number of anilines is 1. The van der Waals surface area contributed by atoms with Gasteiger partial charge >= 0.3 is 0 Å². The Kier molecular flexibility index (Phi) is 3.10. The highest BCUT2D eigenvalue weighted by atomic mass is 19.1. The van der Waals surface area contributed by atoms with Crippen LogP contribution in [0.2, 0.25) is 0 Å². The van der Waals surface area contributed by atoms with Crippen molar-refractivity contribution < 1.29 is 13.9 Å². The number of nitrogens with zero attached hydrogens (tertiary/aromatic N) is 1. The highest BCUT2D eigenvalue weighted by molar-refractivity contribution is 5.73. The summed E-state index contributed by atoms with van der Waals surface area (Å²) in [5.41, 5.74) is 0.417. The van der Waals surface area contributed by atoms with Crippen LogP contribution in [0.5, 0.6) is 0 Å². The van der Waals surface area contributed by atoms with Crippen LogP contribution in [-0.2, 0) is 9.53 Å². The number of hydrogen-bond acceptors (Lipinski definition) is 4. The maximum Gasteiger partial charge on any atom is 0.217 e. The topological polar surface area (TPSA) is 63.2 Å². The van der Waals surface area contributed by atoms with E-state index in [1.807, 2.05) is 0 Å². The summed E-state index contributed by atoms with van der Waals surface area (Å²) >= 11 is 0. The summed E-state index contributed by atoms with van der Waals surface area (Å²) in [6, 6.07) is 1.51. The van der Waals surface area contributed by atoms with Gasteiger partial charge in [-0.15, -0.1) is 0 Å². The van der Waals surface area contributed by atoms with Gasteiger partial charge in [-0.3, -0.25) is 9.78 Å². The molecule has 3 rings (SSSR count). The lowest BCUT2D eigenvalue weighted by Crippen LogP contribution is -2.68. The Morgan fingerprint density at radius 3 is 3.11 bits per heavy atom. The fraction of sp³-hybridized carbons (Fsp3) is 0.538. The lowest BCUT2D eigenvalue weighted by molar-refractivity contribution is -0.123. The van der Waals surface area contributed by atoms with Crippen molar-refractivity contribution in [2.24, 2.45) is 5.92 Å². The minimum Gasteiger partial charge on any atom is -0.377 e. The molecule has 6 heteroatoms. The average Bonchev–Trinajstić information content (AvgIpc) is 2.79. The van der Waals surface area contributed by atoms with E-state index in [0.29, 0.717) is 18.2 Å². The van der Waals surface area contributed by atoms with Gasteiger partial charge in [-0.1, -0.05) is 0 Å². The summed E-state index contributed by atoms with van der Waals surface area (Å²) in [5, 5.41) is 6.04. The monoisotopic (exact) mass is 265 g/mol. The molecule has 2 fully saturated rings. The van der Waals surface area contributed by atoms with Gasteiger partial charge in [0.15, 0.2) is 5.82 Å². The van der Waals surface area contributed by atoms with Crippen LogP contribution >= 0.6 is 0 Å². The third-order valence-corrected chi connectivity index (χ3v) is 3.85. The van der Waals surface area contributed by atoms with E-state index in [1.54, 1.807) is 12.3 Å². The number of carbonyl (C=O) groups excluding carboxylic acids is 1. The van der Waals surface area contributed by atoms with Crippen LogP contribution in [0.3, 0.4) is 0 Å². The first-order chi connectivity index (χ1) is 9.16. The molecule has 19 heavy (non-hydrogen) atoms. The number of halogens is 1. The van der Waals surface area contributed by atoms with Gasteiger partial charge in [-0.25, -0.2) is 4.39 Å². The first-order valence-corrected chi connectivity index (χ1v) is 6.41. The third kappa shape index (κ3) is 2.16. The molecule has 2 aliphatic rings. The van der Waals surface area contributed by atoms with Crippen LogP contribution in [-0.4, -0.2) is 35.7 Å². The molecule has 1 aromatic heterocycles. The second-order valence-corrected chi connectivity index (χ2v) is 5.04. The molecular weight excluding hydrogens is 249 g/mol. The van der Waals surface area contributed by atoms with E-state index in [0.717, 1.165) is 6.42 Å². The van der Waals surface area contributed by atoms with Gasteiger partial charge in [-0.2, -0.15) is 0 Å². The predicted octanol–water partition coefficient (Wildman–Crippen LogP) is 0.925. The maximum absolute atomic E-state index is 13.6. The number of fused-ring (bicyclic) bond motifs is 1. The van der Waals surface area contributed by atoms with Crippen molar-refractivity contribution in [2.45, 2.75) is 31.5 Å². The van der Waals surface area contributed by atoms with Crippen molar-refractivity contribution >= 4 is 11.6 Å². The molecule has 0 bridgehead atoms. The molecule has 2 heterocycles. The number of carbonyl (C=O) groups is 1. The summed E-state index contributed by atoms with van der Waals surface area (Å²) in [6.45, 7) is 2.18. The third-order valence-electron chi connectivity index (χ3n) is 3.85. The van der Waals surface area contributed by atoms with Gasteiger partial charge < -0.3 is 15.4 Å². The molecule has 0 unspecified atom stereocenters. The Labute approximate surface area is 110 Å². The molecule has 5 nitrogen and oxygen atoms in total. The van der Waals surface area contributed by atoms with Gasteiger partial charge in [0, 0.05) is 25.6 Å². The lowest BCUT2D eigenvalue weighted by Gasteiger charge is -2.48. The van der Waals surface area contributed by atoms with E-state index in [9.17, 15) is 9.18 Å². The Bertz CT molecular complexity index is 497. The first-order valence-electron chi connectivity index (χ1n) is 6.41. The van der Waals surface area contributed by atoms with Crippen molar-refractivity contribution in [3.8, 4) is 0 Å². The van der Waals surface area contributed by atoms with Gasteiger partial charge in [0.25, 0.3) is 0 Å². The zero-order chi connectivity index (χ0) is 13.4. The highest BCUT2D eigenvalue weighted by Crippen LogP contribution is 2.40. The molecule has 0 radical (unpaired) electrons. The van der Waals surface area contributed by atoms with Crippen LogP contribution in [0.1, 0.15) is 13.3 Å². The van der Waals surface area contributed by atoms with Gasteiger partial charge in [-0.05, 0) is 12.5 Å². The van der Waals surface area contributed by atoms with E-state index >= 15 is 0 Å². The minimum absolute atomic E-state index is 0.00769. The molecule has 0 spiro atoms. The Balaban J connectivity index is 1.75. The van der Waals surface area contributed by atoms with E-state index in [-0.39, 0.29) is 29.9 Å². The Morgan fingerprint density at radius 1 is 1.53 bits per heavy atom. The van der Waals surface area contributed by atoms with Crippen molar-refractivity contribution in [2.75, 3.05) is 11.9 Å². The zero-order valence-electron chi connectivity index (χ0n) is 10.6. The van der Waals surface area contributed by atoms with E-state index in [2.05, 4.69) is 15.6 Å². The summed E-state index contributed by atoms with van der Waals surface area (Å²) in [4.78, 5) is 14.9. The number of ether oxygens (including phenoxy) is 1. The van der Waals surface area contributed by atoms with Crippen molar-refractivity contribution in [1.82, 2.24) is 10.3 Å². The Hall–Kier alpha value is -1.69. The molecule has 0 aromatic carbocycles. The summed E-state index contributed by atoms with van der Waals surface area (Å²) in [5.74, 6) is -0.156. The zero-order valence-corrected chi connectivity index (χ0v) is 10.6. The Morgan fingerprint density at radius 2 is 2.37 bits per heavy atom.